The van der Waals surface area contributed by atoms with Gasteiger partial charge in [-0.3, -0.25) is 9.78 Å². The first-order valence-corrected chi connectivity index (χ1v) is 6.60. The molecule has 0 aliphatic rings. The molecule has 0 fully saturated rings. The summed E-state index contributed by atoms with van der Waals surface area (Å²) in [6.07, 6.45) is 2.52. The maximum atomic E-state index is 11.4. The second-order valence-electron chi connectivity index (χ2n) is 3.54. The van der Waals surface area contributed by atoms with Crippen LogP contribution in [0.1, 0.15) is 5.56 Å². The Morgan fingerprint density at radius 1 is 1.26 bits per heavy atom. The van der Waals surface area contributed by atoms with E-state index in [2.05, 4.69) is 46.8 Å². The molecule has 0 unspecified atom stereocenters. The number of aliphatic imine (C=N–C) groups is 1. The summed E-state index contributed by atoms with van der Waals surface area (Å²) in [7, 11) is 0. The molecule has 0 bridgehead atoms. The van der Waals surface area contributed by atoms with Gasteiger partial charge < -0.3 is 10.1 Å². The number of nitrogens with zero attached hydrogens (tertiary/aromatic N) is 1. The number of H-pyrrole nitrogens is 2. The summed E-state index contributed by atoms with van der Waals surface area (Å²) in [4.78, 5) is 30.5. The number of aromatic hydroxyl groups is 1. The van der Waals surface area contributed by atoms with Crippen LogP contribution in [-0.4, -0.2) is 21.3 Å². The zero-order valence-corrected chi connectivity index (χ0v) is 12.4. The van der Waals surface area contributed by atoms with Crippen molar-refractivity contribution in [1.29, 1.82) is 0 Å². The number of aromatic amines is 2. The van der Waals surface area contributed by atoms with Gasteiger partial charge in [0.15, 0.2) is 0 Å². The van der Waals surface area contributed by atoms with Crippen LogP contribution in [0.15, 0.2) is 41.9 Å². The third-order valence-corrected chi connectivity index (χ3v) is 3.26. The number of phenols is 1. The summed E-state index contributed by atoms with van der Waals surface area (Å²) in [6.45, 7) is 0. The molecule has 1 aromatic carbocycles. The fourth-order valence-electron chi connectivity index (χ4n) is 1.32. The molecule has 6 nitrogen and oxygen atoms in total. The van der Waals surface area contributed by atoms with E-state index in [0.29, 0.717) is 10.0 Å². The number of aromatic nitrogens is 2. The molecule has 0 aliphatic carbocycles. The van der Waals surface area contributed by atoms with Crippen LogP contribution in [0.4, 0.5) is 5.69 Å². The van der Waals surface area contributed by atoms with Crippen molar-refractivity contribution in [1.82, 2.24) is 9.97 Å². The Labute approximate surface area is 123 Å². The van der Waals surface area contributed by atoms with E-state index >= 15 is 0 Å². The van der Waals surface area contributed by atoms with Crippen LogP contribution in [0, 0.1) is 0 Å². The van der Waals surface area contributed by atoms with Crippen molar-refractivity contribution in [3.63, 3.8) is 0 Å². The van der Waals surface area contributed by atoms with Gasteiger partial charge in [0.25, 0.3) is 5.56 Å². The summed E-state index contributed by atoms with van der Waals surface area (Å²) in [6, 6.07) is 3.32. The van der Waals surface area contributed by atoms with Crippen LogP contribution < -0.4 is 11.2 Å². The maximum Gasteiger partial charge on any atom is 0.325 e. The van der Waals surface area contributed by atoms with E-state index in [4.69, 9.17) is 0 Å². The minimum atomic E-state index is -0.603. The number of halogens is 2. The van der Waals surface area contributed by atoms with Gasteiger partial charge in [0.05, 0.1) is 4.47 Å². The van der Waals surface area contributed by atoms with Crippen molar-refractivity contribution in [2.24, 2.45) is 4.99 Å². The Hall–Kier alpha value is -1.67. The number of hydrogen-bond donors (Lipinski definition) is 3. The third kappa shape index (κ3) is 3.21. The molecule has 3 N–H and O–H groups in total. The lowest BCUT2D eigenvalue weighted by molar-refractivity contribution is 0.471. The zero-order valence-electron chi connectivity index (χ0n) is 9.28. The molecule has 0 saturated carbocycles. The summed E-state index contributed by atoms with van der Waals surface area (Å²) >= 11 is 6.47. The minimum Gasteiger partial charge on any atom is -0.506 e. The molecule has 0 aliphatic heterocycles. The van der Waals surface area contributed by atoms with Gasteiger partial charge in [-0.2, -0.15) is 0 Å². The van der Waals surface area contributed by atoms with Crippen molar-refractivity contribution < 1.29 is 5.11 Å². The van der Waals surface area contributed by atoms with Gasteiger partial charge in [-0.25, -0.2) is 9.79 Å². The first kappa shape index (κ1) is 13.8. The average Bonchev–Trinajstić information content (AvgIpc) is 2.33. The lowest BCUT2D eigenvalue weighted by atomic mass is 10.2. The van der Waals surface area contributed by atoms with E-state index < -0.39 is 11.2 Å². The highest BCUT2D eigenvalue weighted by Crippen LogP contribution is 2.30. The van der Waals surface area contributed by atoms with Crippen molar-refractivity contribution >= 4 is 43.8 Å². The average molecular weight is 389 g/mol. The van der Waals surface area contributed by atoms with Crippen LogP contribution in [0.3, 0.4) is 0 Å². The Kier molecular flexibility index (Phi) is 4.01. The molecule has 1 aromatic heterocycles. The van der Waals surface area contributed by atoms with Gasteiger partial charge in [-0.1, -0.05) is 15.9 Å². The lowest BCUT2D eigenvalue weighted by Crippen LogP contribution is -2.20. The highest BCUT2D eigenvalue weighted by molar-refractivity contribution is 9.11. The van der Waals surface area contributed by atoms with Crippen LogP contribution in [0.2, 0.25) is 0 Å². The normalized spacial score (nSPS) is 11.1. The molecule has 8 heteroatoms. The predicted octanol–water partition coefficient (Wildman–Crippen LogP) is 2.04. The number of nitrogens with one attached hydrogen (secondary N) is 2. The Morgan fingerprint density at radius 3 is 2.68 bits per heavy atom. The molecule has 2 rings (SSSR count). The fourth-order valence-corrected chi connectivity index (χ4v) is 2.58. The predicted molar refractivity (Wildman–Crippen MR) is 78.4 cm³/mol. The van der Waals surface area contributed by atoms with E-state index in [-0.39, 0.29) is 11.4 Å². The quantitative estimate of drug-likeness (QED) is 0.686. The molecule has 0 atom stereocenters. The Balaban J connectivity index is 2.43. The summed E-state index contributed by atoms with van der Waals surface area (Å²) < 4.78 is 1.24. The minimum absolute atomic E-state index is 0.00723. The van der Waals surface area contributed by atoms with Crippen molar-refractivity contribution in [3.8, 4) is 5.75 Å². The third-order valence-electron chi connectivity index (χ3n) is 2.20. The molecule has 0 radical (unpaired) electrons. The van der Waals surface area contributed by atoms with Crippen LogP contribution in [-0.2, 0) is 0 Å². The molecule has 2 aromatic rings. The van der Waals surface area contributed by atoms with Crippen molar-refractivity contribution in [2.75, 3.05) is 0 Å². The van der Waals surface area contributed by atoms with Crippen molar-refractivity contribution in [2.45, 2.75) is 0 Å². The smallest absolute Gasteiger partial charge is 0.325 e. The number of rotatable bonds is 2. The first-order chi connectivity index (χ1) is 8.97. The van der Waals surface area contributed by atoms with E-state index in [1.54, 1.807) is 12.1 Å². The van der Waals surface area contributed by atoms with E-state index in [0.717, 1.165) is 4.47 Å². The highest BCUT2D eigenvalue weighted by Gasteiger charge is 2.05. The Morgan fingerprint density at radius 2 is 2.00 bits per heavy atom. The topological polar surface area (TPSA) is 98.3 Å². The van der Waals surface area contributed by atoms with Crippen LogP contribution >= 0.6 is 31.9 Å². The second kappa shape index (κ2) is 5.54. The van der Waals surface area contributed by atoms with Gasteiger partial charge in [0, 0.05) is 22.4 Å². The summed E-state index contributed by atoms with van der Waals surface area (Å²) in [5.41, 5.74) is -0.743. The van der Waals surface area contributed by atoms with Crippen LogP contribution in [0.25, 0.3) is 0 Å². The SMILES string of the molecule is O=c1[nH]cc(N=Cc2cc(Br)cc(Br)c2O)c(=O)[nH]1. The van der Waals surface area contributed by atoms with Gasteiger partial charge in [-0.05, 0) is 28.1 Å². The van der Waals surface area contributed by atoms with E-state index in [9.17, 15) is 14.7 Å². The van der Waals surface area contributed by atoms with E-state index in [1.165, 1.54) is 12.4 Å². The Bertz CT molecular complexity index is 765. The van der Waals surface area contributed by atoms with Gasteiger partial charge in [-0.15, -0.1) is 0 Å². The first-order valence-electron chi connectivity index (χ1n) is 5.01. The fraction of sp³-hybridized carbons (Fsp3) is 0. The summed E-state index contributed by atoms with van der Waals surface area (Å²) in [5, 5.41) is 9.81. The van der Waals surface area contributed by atoms with Gasteiger partial charge in [0.2, 0.25) is 0 Å². The monoisotopic (exact) mass is 387 g/mol. The summed E-state index contributed by atoms with van der Waals surface area (Å²) in [5.74, 6) is 0.00723. The molecule has 0 amide bonds. The second-order valence-corrected chi connectivity index (χ2v) is 5.31. The van der Waals surface area contributed by atoms with E-state index in [1.807, 2.05) is 0 Å². The number of hydrogen-bond acceptors (Lipinski definition) is 4. The molecular formula is C11H7Br2N3O3. The zero-order chi connectivity index (χ0) is 14.0. The molecule has 1 heterocycles. The largest absolute Gasteiger partial charge is 0.506 e. The molecule has 0 spiro atoms. The van der Waals surface area contributed by atoms with Crippen molar-refractivity contribution in [3.05, 3.63) is 53.7 Å². The highest BCUT2D eigenvalue weighted by atomic mass is 79.9. The molecular weight excluding hydrogens is 382 g/mol. The van der Waals surface area contributed by atoms with Gasteiger partial charge >= 0.3 is 5.69 Å². The van der Waals surface area contributed by atoms with Gasteiger partial charge in [0.1, 0.15) is 11.4 Å². The molecule has 98 valence electrons. The number of benzene rings is 1. The maximum absolute atomic E-state index is 11.4. The lowest BCUT2D eigenvalue weighted by Gasteiger charge is -2.02. The number of phenolic OH excluding ortho intramolecular Hbond substituents is 1. The van der Waals surface area contributed by atoms with Crippen LogP contribution in [0.5, 0.6) is 5.75 Å². The molecule has 0 saturated heterocycles. The molecule has 19 heavy (non-hydrogen) atoms. The standard InChI is InChI=1S/C11H7Br2N3O3/c12-6-1-5(9(17)7(13)2-6)3-14-8-4-15-11(19)16-10(8)18/h1-4,17H,(H2,15,16,18,19).